The molecule has 0 fully saturated rings. The van der Waals surface area contributed by atoms with Crippen molar-refractivity contribution in [3.8, 4) is 0 Å². The van der Waals surface area contributed by atoms with Crippen LogP contribution in [0, 0.1) is 10.1 Å². The molecule has 1 aliphatic heterocycles. The van der Waals surface area contributed by atoms with E-state index in [0.717, 1.165) is 22.2 Å². The number of likely N-dealkylation sites (N-methyl/N-ethyl adjacent to an activating group) is 1. The third kappa shape index (κ3) is 4.49. The van der Waals surface area contributed by atoms with Crippen LogP contribution >= 0.6 is 15.9 Å². The van der Waals surface area contributed by atoms with Crippen molar-refractivity contribution < 1.29 is 13.3 Å². The van der Waals surface area contributed by atoms with Gasteiger partial charge in [0.15, 0.2) is 0 Å². The molecule has 29 heavy (non-hydrogen) atoms. The summed E-state index contributed by atoms with van der Waals surface area (Å²) < 4.78 is 29.7. The Morgan fingerprint density at radius 2 is 1.86 bits per heavy atom. The number of non-ortho nitro benzene ring substituents is 1. The SMILES string of the molecule is CCCC1=NN(C)[C@@H](c2ccccc2Br)[C@@H]1NS(=O)(=O)c1ccc([N+](=O)[O-])cc1. The average Bonchev–Trinajstić information content (AvgIpc) is 2.97. The van der Waals surface area contributed by atoms with Crippen molar-refractivity contribution in [2.24, 2.45) is 5.10 Å². The largest absolute Gasteiger partial charge is 0.291 e. The molecule has 0 unspecified atom stereocenters. The molecule has 154 valence electrons. The summed E-state index contributed by atoms with van der Waals surface area (Å²) in [5.74, 6) is 0. The quantitative estimate of drug-likeness (QED) is 0.478. The zero-order chi connectivity index (χ0) is 21.2. The Morgan fingerprint density at radius 1 is 1.21 bits per heavy atom. The highest BCUT2D eigenvalue weighted by molar-refractivity contribution is 9.10. The van der Waals surface area contributed by atoms with Gasteiger partial charge in [0.1, 0.15) is 0 Å². The standard InChI is InChI=1S/C19H21BrN4O4S/c1-3-6-17-18(19(23(2)21-17)15-7-4-5-8-16(15)20)22-29(27,28)14-11-9-13(10-12-14)24(25)26/h4-5,7-12,18-19,22H,3,6H2,1-2H3/t18-,19+/m1/s1. The zero-order valence-corrected chi connectivity index (χ0v) is 18.4. The van der Waals surface area contributed by atoms with E-state index in [-0.39, 0.29) is 16.6 Å². The molecule has 1 N–H and O–H groups in total. The van der Waals surface area contributed by atoms with Crippen LogP contribution < -0.4 is 4.72 Å². The average molecular weight is 481 g/mol. The van der Waals surface area contributed by atoms with Gasteiger partial charge < -0.3 is 0 Å². The smallest absolute Gasteiger partial charge is 0.269 e. The molecule has 0 spiro atoms. The second kappa shape index (κ2) is 8.60. The van der Waals surface area contributed by atoms with Crippen LogP contribution in [0.4, 0.5) is 5.69 Å². The van der Waals surface area contributed by atoms with E-state index < -0.39 is 21.0 Å². The molecular formula is C19H21BrN4O4S. The highest BCUT2D eigenvalue weighted by atomic mass is 79.9. The zero-order valence-electron chi connectivity index (χ0n) is 15.9. The maximum absolute atomic E-state index is 13.0. The first-order valence-corrected chi connectivity index (χ1v) is 11.3. The Labute approximate surface area is 177 Å². The molecule has 2 aromatic rings. The molecule has 0 saturated heterocycles. The van der Waals surface area contributed by atoms with E-state index in [0.29, 0.717) is 6.42 Å². The summed E-state index contributed by atoms with van der Waals surface area (Å²) in [6.07, 6.45) is 1.48. The molecule has 0 bridgehead atoms. The molecule has 0 amide bonds. The summed E-state index contributed by atoms with van der Waals surface area (Å²) >= 11 is 3.55. The van der Waals surface area contributed by atoms with Crippen molar-refractivity contribution in [1.82, 2.24) is 9.73 Å². The van der Waals surface area contributed by atoms with E-state index in [9.17, 15) is 18.5 Å². The van der Waals surface area contributed by atoms with Gasteiger partial charge in [-0.2, -0.15) is 9.82 Å². The number of hydrazone groups is 1. The Morgan fingerprint density at radius 3 is 2.45 bits per heavy atom. The van der Waals surface area contributed by atoms with E-state index in [1.165, 1.54) is 24.3 Å². The first-order chi connectivity index (χ1) is 13.7. The minimum atomic E-state index is -3.91. The lowest BCUT2D eigenvalue weighted by Gasteiger charge is -2.27. The fourth-order valence-electron chi connectivity index (χ4n) is 3.40. The Hall–Kier alpha value is -2.30. The number of nitrogens with one attached hydrogen (secondary N) is 1. The van der Waals surface area contributed by atoms with Gasteiger partial charge in [0, 0.05) is 23.7 Å². The first kappa shape index (κ1) is 21.4. The van der Waals surface area contributed by atoms with Gasteiger partial charge in [0.05, 0.1) is 27.6 Å². The molecule has 0 aromatic heterocycles. The maximum atomic E-state index is 13.0. The van der Waals surface area contributed by atoms with Gasteiger partial charge >= 0.3 is 0 Å². The molecule has 3 rings (SSSR count). The monoisotopic (exact) mass is 480 g/mol. The number of halogens is 1. The number of hydrogen-bond donors (Lipinski definition) is 1. The molecule has 2 atom stereocenters. The second-order valence-electron chi connectivity index (χ2n) is 6.73. The van der Waals surface area contributed by atoms with Crippen molar-refractivity contribution in [2.75, 3.05) is 7.05 Å². The number of sulfonamides is 1. The van der Waals surface area contributed by atoms with Crippen LogP contribution in [0.3, 0.4) is 0 Å². The number of hydrogen-bond acceptors (Lipinski definition) is 6. The van der Waals surface area contributed by atoms with Gasteiger partial charge in [-0.25, -0.2) is 8.42 Å². The number of nitro benzene ring substituents is 1. The Bertz CT molecular complexity index is 1040. The molecule has 0 saturated carbocycles. The topological polar surface area (TPSA) is 105 Å². The van der Waals surface area contributed by atoms with Gasteiger partial charge in [0.2, 0.25) is 10.0 Å². The first-order valence-electron chi connectivity index (χ1n) is 9.06. The van der Waals surface area contributed by atoms with Gasteiger partial charge in [0.25, 0.3) is 5.69 Å². The van der Waals surface area contributed by atoms with Crippen LogP contribution in [0.5, 0.6) is 0 Å². The number of nitro groups is 1. The lowest BCUT2D eigenvalue weighted by Crippen LogP contribution is -2.44. The van der Waals surface area contributed by atoms with E-state index in [4.69, 9.17) is 0 Å². The van der Waals surface area contributed by atoms with Gasteiger partial charge in [-0.3, -0.25) is 15.1 Å². The number of nitrogens with zero attached hydrogens (tertiary/aromatic N) is 3. The van der Waals surface area contributed by atoms with Crippen LogP contribution in [0.15, 0.2) is 63.0 Å². The van der Waals surface area contributed by atoms with Crippen LogP contribution in [0.2, 0.25) is 0 Å². The molecule has 2 aromatic carbocycles. The highest BCUT2D eigenvalue weighted by Gasteiger charge is 2.39. The molecule has 1 heterocycles. The highest BCUT2D eigenvalue weighted by Crippen LogP contribution is 2.35. The lowest BCUT2D eigenvalue weighted by atomic mass is 9.96. The second-order valence-corrected chi connectivity index (χ2v) is 9.30. The molecular weight excluding hydrogens is 460 g/mol. The molecule has 1 aliphatic rings. The van der Waals surface area contributed by atoms with Gasteiger partial charge in [-0.05, 0) is 30.2 Å². The van der Waals surface area contributed by atoms with E-state index in [1.54, 1.807) is 5.01 Å². The Kier molecular flexibility index (Phi) is 6.35. The van der Waals surface area contributed by atoms with Crippen molar-refractivity contribution in [2.45, 2.75) is 36.7 Å². The van der Waals surface area contributed by atoms with Crippen molar-refractivity contribution in [3.05, 3.63) is 68.7 Å². The summed E-state index contributed by atoms with van der Waals surface area (Å²) in [4.78, 5) is 10.2. The summed E-state index contributed by atoms with van der Waals surface area (Å²) in [7, 11) is -2.09. The summed E-state index contributed by atoms with van der Waals surface area (Å²) in [6, 6.07) is 11.6. The fourth-order valence-corrected chi connectivity index (χ4v) is 5.15. The molecule has 0 radical (unpaired) electrons. The van der Waals surface area contributed by atoms with E-state index >= 15 is 0 Å². The van der Waals surface area contributed by atoms with E-state index in [2.05, 4.69) is 25.8 Å². The van der Waals surface area contributed by atoms with Crippen molar-refractivity contribution in [3.63, 3.8) is 0 Å². The minimum absolute atomic E-state index is 0.0284. The van der Waals surface area contributed by atoms with Gasteiger partial charge in [-0.15, -0.1) is 0 Å². The Balaban J connectivity index is 1.96. The predicted molar refractivity (Wildman–Crippen MR) is 114 cm³/mol. The van der Waals surface area contributed by atoms with Crippen molar-refractivity contribution >= 4 is 37.4 Å². The molecule has 8 nitrogen and oxygen atoms in total. The molecule has 0 aliphatic carbocycles. The normalized spacial score (nSPS) is 19.3. The van der Waals surface area contributed by atoms with Crippen LogP contribution in [-0.4, -0.2) is 37.2 Å². The lowest BCUT2D eigenvalue weighted by molar-refractivity contribution is -0.384. The third-order valence-corrected chi connectivity index (χ3v) is 6.91. The molecule has 10 heteroatoms. The van der Waals surface area contributed by atoms with Crippen LogP contribution in [-0.2, 0) is 10.0 Å². The third-order valence-electron chi connectivity index (χ3n) is 4.73. The van der Waals surface area contributed by atoms with Crippen LogP contribution in [0.25, 0.3) is 0 Å². The van der Waals surface area contributed by atoms with Crippen LogP contribution in [0.1, 0.15) is 31.4 Å². The van der Waals surface area contributed by atoms with Gasteiger partial charge in [-0.1, -0.05) is 47.5 Å². The minimum Gasteiger partial charge on any atom is -0.291 e. The number of rotatable bonds is 7. The van der Waals surface area contributed by atoms with Crippen molar-refractivity contribution in [1.29, 1.82) is 0 Å². The fraction of sp³-hybridized carbons (Fsp3) is 0.316. The predicted octanol–water partition coefficient (Wildman–Crippen LogP) is 3.85. The summed E-state index contributed by atoms with van der Waals surface area (Å²) in [5.41, 5.74) is 1.51. The summed E-state index contributed by atoms with van der Waals surface area (Å²) in [5, 5.41) is 17.2. The maximum Gasteiger partial charge on any atom is 0.269 e. The number of benzene rings is 2. The summed E-state index contributed by atoms with van der Waals surface area (Å²) in [6.45, 7) is 2.01. The van der Waals surface area contributed by atoms with E-state index in [1.807, 2.05) is 38.2 Å².